The van der Waals surface area contributed by atoms with Crippen LogP contribution in [-0.2, 0) is 9.53 Å². The summed E-state index contributed by atoms with van der Waals surface area (Å²) in [7, 11) is 0. The molecule has 2 aromatic rings. The van der Waals surface area contributed by atoms with E-state index in [1.807, 2.05) is 38.1 Å². The molecule has 2 heterocycles. The van der Waals surface area contributed by atoms with Crippen molar-refractivity contribution in [1.82, 2.24) is 4.90 Å². The van der Waals surface area contributed by atoms with Crippen LogP contribution < -0.4 is 9.47 Å². The van der Waals surface area contributed by atoms with Gasteiger partial charge in [-0.25, -0.2) is 0 Å². The Balaban J connectivity index is 1.57. The predicted octanol–water partition coefficient (Wildman–Crippen LogP) is 6.70. The van der Waals surface area contributed by atoms with Crippen molar-refractivity contribution in [1.29, 1.82) is 0 Å². The van der Waals surface area contributed by atoms with Gasteiger partial charge in [-0.3, -0.25) is 14.1 Å². The first-order valence-electron chi connectivity index (χ1n) is 13.1. The van der Waals surface area contributed by atoms with Gasteiger partial charge in [-0.15, -0.1) is 13.2 Å². The Bertz CT molecular complexity index is 1200. The average Bonchev–Trinajstić information content (AvgIpc) is 2.87. The molecule has 39 heavy (non-hydrogen) atoms. The molecule has 1 fully saturated rings. The number of alkyl halides is 4. The maximum atomic E-state index is 12.7. The van der Waals surface area contributed by atoms with Crippen LogP contribution in [0.5, 0.6) is 11.5 Å². The number of rotatable bonds is 10. The van der Waals surface area contributed by atoms with Gasteiger partial charge in [0.15, 0.2) is 5.78 Å². The minimum Gasteiger partial charge on any atom is -0.492 e. The highest BCUT2D eigenvalue weighted by Crippen LogP contribution is 2.45. The van der Waals surface area contributed by atoms with Crippen LogP contribution in [-0.4, -0.2) is 56.1 Å². The third-order valence-corrected chi connectivity index (χ3v) is 7.05. The lowest BCUT2D eigenvalue weighted by molar-refractivity contribution is -0.274. The molecule has 9 heteroatoms. The van der Waals surface area contributed by atoms with Crippen molar-refractivity contribution in [2.75, 3.05) is 32.9 Å². The van der Waals surface area contributed by atoms with Crippen molar-refractivity contribution in [3.05, 3.63) is 76.9 Å². The van der Waals surface area contributed by atoms with Crippen molar-refractivity contribution < 1.29 is 36.6 Å². The molecule has 0 N–H and O–H groups in total. The molecule has 4 rings (SSSR count). The van der Waals surface area contributed by atoms with Crippen molar-refractivity contribution in [3.63, 3.8) is 0 Å². The summed E-state index contributed by atoms with van der Waals surface area (Å²) in [6.07, 6.45) is -3.74. The van der Waals surface area contributed by atoms with Crippen LogP contribution in [0, 0.1) is 5.92 Å². The van der Waals surface area contributed by atoms with E-state index in [0.717, 1.165) is 41.9 Å². The highest BCUT2D eigenvalue weighted by atomic mass is 19.4. The molecule has 2 aromatic carbocycles. The lowest BCUT2D eigenvalue weighted by Crippen LogP contribution is -2.49. The number of nitrogens with zero attached hydrogens (tertiary/aromatic N) is 1. The van der Waals surface area contributed by atoms with Crippen LogP contribution in [0.25, 0.3) is 5.57 Å². The van der Waals surface area contributed by atoms with Crippen LogP contribution in [0.1, 0.15) is 44.4 Å². The molecule has 0 aromatic heterocycles. The minimum atomic E-state index is -4.78. The number of hydrogen-bond acceptors (Lipinski definition) is 5. The second-order valence-corrected chi connectivity index (χ2v) is 9.89. The number of ether oxygens (including phenoxy) is 3. The second-order valence-electron chi connectivity index (χ2n) is 9.89. The SMILES string of the molecule is CCC(=O)/C=C1/C(C)=C(c2ccc(OC(F)(F)F)cc2)C(c2ccc(OCCN3CC(CF)C3)cc2)OC1C. The Kier molecular flexibility index (Phi) is 9.12. The Labute approximate surface area is 226 Å². The van der Waals surface area contributed by atoms with Crippen LogP contribution in [0.3, 0.4) is 0 Å². The number of allylic oxidation sites excluding steroid dienone is 1. The Hall–Kier alpha value is -3.17. The fourth-order valence-electron chi connectivity index (χ4n) is 4.94. The van der Waals surface area contributed by atoms with Gasteiger partial charge in [0, 0.05) is 32.0 Å². The second kappa shape index (κ2) is 12.3. The summed E-state index contributed by atoms with van der Waals surface area (Å²) in [6.45, 7) is 8.01. The smallest absolute Gasteiger partial charge is 0.492 e. The largest absolute Gasteiger partial charge is 0.573 e. The Morgan fingerprint density at radius 3 is 2.31 bits per heavy atom. The van der Waals surface area contributed by atoms with Crippen LogP contribution in [0.15, 0.2) is 65.8 Å². The van der Waals surface area contributed by atoms with Gasteiger partial charge in [-0.2, -0.15) is 0 Å². The quantitative estimate of drug-likeness (QED) is 0.245. The van der Waals surface area contributed by atoms with E-state index in [1.54, 1.807) is 25.1 Å². The van der Waals surface area contributed by atoms with E-state index >= 15 is 0 Å². The molecule has 2 aliphatic rings. The summed E-state index contributed by atoms with van der Waals surface area (Å²) in [4.78, 5) is 14.4. The lowest BCUT2D eigenvalue weighted by Gasteiger charge is -2.37. The summed E-state index contributed by atoms with van der Waals surface area (Å²) in [5.74, 6) is 0.474. The number of halogens is 4. The topological polar surface area (TPSA) is 48.0 Å². The summed E-state index contributed by atoms with van der Waals surface area (Å²) in [5.41, 5.74) is 3.84. The summed E-state index contributed by atoms with van der Waals surface area (Å²) in [6, 6.07) is 13.2. The highest BCUT2D eigenvalue weighted by molar-refractivity contribution is 5.92. The molecule has 5 nitrogen and oxygen atoms in total. The van der Waals surface area contributed by atoms with E-state index in [9.17, 15) is 22.4 Å². The third kappa shape index (κ3) is 7.28. The molecular formula is C30H33F4NO4. The zero-order chi connectivity index (χ0) is 28.2. The van der Waals surface area contributed by atoms with Gasteiger partial charge in [-0.1, -0.05) is 31.2 Å². The van der Waals surface area contributed by atoms with Crippen molar-refractivity contribution in [2.24, 2.45) is 5.92 Å². The summed E-state index contributed by atoms with van der Waals surface area (Å²) >= 11 is 0. The highest BCUT2D eigenvalue weighted by Gasteiger charge is 2.33. The van der Waals surface area contributed by atoms with E-state index in [0.29, 0.717) is 24.3 Å². The van der Waals surface area contributed by atoms with Gasteiger partial charge in [-0.05, 0) is 72.0 Å². The molecule has 0 aliphatic carbocycles. The molecule has 2 aliphatic heterocycles. The minimum absolute atomic E-state index is 0.0357. The number of carbonyl (C=O) groups excluding carboxylic acids is 1. The monoisotopic (exact) mass is 547 g/mol. The van der Waals surface area contributed by atoms with E-state index in [4.69, 9.17) is 9.47 Å². The van der Waals surface area contributed by atoms with E-state index < -0.39 is 12.5 Å². The number of likely N-dealkylation sites (tertiary alicyclic amines) is 1. The number of carbonyl (C=O) groups is 1. The third-order valence-electron chi connectivity index (χ3n) is 7.05. The molecule has 2 atom stereocenters. The summed E-state index contributed by atoms with van der Waals surface area (Å²) < 4.78 is 66.9. The van der Waals surface area contributed by atoms with Gasteiger partial charge in [0.05, 0.1) is 12.8 Å². The van der Waals surface area contributed by atoms with Gasteiger partial charge in [0.25, 0.3) is 0 Å². The maximum absolute atomic E-state index is 12.7. The molecule has 1 saturated heterocycles. The fourth-order valence-corrected chi connectivity index (χ4v) is 4.94. The zero-order valence-corrected chi connectivity index (χ0v) is 22.3. The molecule has 0 bridgehead atoms. The summed E-state index contributed by atoms with van der Waals surface area (Å²) in [5, 5.41) is 0. The van der Waals surface area contributed by atoms with Crippen LogP contribution in [0.2, 0.25) is 0 Å². The first kappa shape index (κ1) is 28.8. The van der Waals surface area contributed by atoms with E-state index in [2.05, 4.69) is 9.64 Å². The average molecular weight is 548 g/mol. The lowest BCUT2D eigenvalue weighted by atomic mass is 9.84. The number of ketones is 1. The van der Waals surface area contributed by atoms with Crippen molar-refractivity contribution in [2.45, 2.75) is 45.8 Å². The van der Waals surface area contributed by atoms with Crippen LogP contribution in [0.4, 0.5) is 17.6 Å². The maximum Gasteiger partial charge on any atom is 0.573 e. The van der Waals surface area contributed by atoms with Gasteiger partial charge in [0.1, 0.15) is 24.2 Å². The van der Waals surface area contributed by atoms with E-state index in [-0.39, 0.29) is 30.2 Å². The number of benzene rings is 2. The first-order valence-corrected chi connectivity index (χ1v) is 13.1. The molecule has 210 valence electrons. The van der Waals surface area contributed by atoms with Crippen LogP contribution >= 0.6 is 0 Å². The molecule has 0 amide bonds. The zero-order valence-electron chi connectivity index (χ0n) is 22.3. The molecular weight excluding hydrogens is 514 g/mol. The van der Waals surface area contributed by atoms with Crippen molar-refractivity contribution in [3.8, 4) is 11.5 Å². The Morgan fingerprint density at radius 2 is 1.72 bits per heavy atom. The molecule has 2 unspecified atom stereocenters. The molecule has 0 spiro atoms. The van der Waals surface area contributed by atoms with E-state index in [1.165, 1.54) is 12.1 Å². The normalized spacial score (nSPS) is 21.7. The number of hydrogen-bond donors (Lipinski definition) is 0. The van der Waals surface area contributed by atoms with Gasteiger partial charge < -0.3 is 14.2 Å². The standard InChI is InChI=1S/C30H33F4NO4/c1-4-24(36)15-27-19(2)28(22-5-11-26(12-6-22)39-30(32,33)34)29(38-20(27)3)23-7-9-25(10-8-23)37-14-13-35-17-21(16-31)18-35/h5-12,15,20-21,29H,4,13-14,16-18H2,1-3H3/b27-15-. The fraction of sp³-hybridized carbons (Fsp3) is 0.433. The van der Waals surface area contributed by atoms with Gasteiger partial charge >= 0.3 is 6.36 Å². The van der Waals surface area contributed by atoms with Crippen molar-refractivity contribution >= 4 is 11.4 Å². The predicted molar refractivity (Wildman–Crippen MR) is 140 cm³/mol. The Morgan fingerprint density at radius 1 is 1.08 bits per heavy atom. The molecule has 0 radical (unpaired) electrons. The molecule has 0 saturated carbocycles. The first-order chi connectivity index (χ1) is 18.6. The van der Waals surface area contributed by atoms with Gasteiger partial charge in [0.2, 0.25) is 0 Å².